The van der Waals surface area contributed by atoms with Gasteiger partial charge in [-0.1, -0.05) is 0 Å². The van der Waals surface area contributed by atoms with Gasteiger partial charge in [0.1, 0.15) is 5.75 Å². The number of aromatic hydroxyl groups is 1. The smallest absolute Gasteiger partial charge is 0.234 e. The molecule has 1 amide bonds. The van der Waals surface area contributed by atoms with E-state index in [4.69, 9.17) is 0 Å². The molecule has 0 heterocycles. The van der Waals surface area contributed by atoms with Crippen LogP contribution in [0, 0.1) is 0 Å². The van der Waals surface area contributed by atoms with Gasteiger partial charge in [0, 0.05) is 12.6 Å². The van der Waals surface area contributed by atoms with E-state index in [0.717, 1.165) is 5.56 Å². The lowest BCUT2D eigenvalue weighted by Crippen LogP contribution is -2.38. The highest BCUT2D eigenvalue weighted by Gasteiger charge is 2.10. The van der Waals surface area contributed by atoms with Crippen LogP contribution >= 0.6 is 31.9 Å². The molecule has 0 radical (unpaired) electrons. The number of phenols is 1. The van der Waals surface area contributed by atoms with Crippen molar-refractivity contribution >= 4 is 37.8 Å². The number of carbonyl (C=O) groups excluding carboxylic acids is 1. The Morgan fingerprint density at radius 1 is 1.37 bits per heavy atom. The predicted octanol–water partition coefficient (Wildman–Crippen LogP) is 2.87. The molecule has 0 aliphatic carbocycles. The summed E-state index contributed by atoms with van der Waals surface area (Å²) in [4.78, 5) is 13.6. The lowest BCUT2D eigenvalue weighted by atomic mass is 10.2. The normalized spacial score (nSPS) is 11.1. The Kier molecular flexibility index (Phi) is 6.29. The van der Waals surface area contributed by atoms with Crippen molar-refractivity contribution in [1.29, 1.82) is 0 Å². The molecule has 0 saturated heterocycles. The Morgan fingerprint density at radius 3 is 2.37 bits per heavy atom. The highest BCUT2D eigenvalue weighted by molar-refractivity contribution is 9.11. The number of rotatable bonds is 5. The molecule has 6 heteroatoms. The maximum Gasteiger partial charge on any atom is 0.234 e. The van der Waals surface area contributed by atoms with E-state index in [-0.39, 0.29) is 17.7 Å². The predicted molar refractivity (Wildman–Crippen MR) is 83.1 cm³/mol. The third-order valence-electron chi connectivity index (χ3n) is 2.39. The Balaban J connectivity index is 2.62. The quantitative estimate of drug-likeness (QED) is 0.808. The fraction of sp³-hybridized carbons (Fsp3) is 0.462. The molecule has 1 rings (SSSR count). The maximum atomic E-state index is 11.6. The SMILES string of the molecule is CC(C)NC(=O)CN(C)Cc1cc(Br)c(O)c(Br)c1. The molecule has 0 aliphatic heterocycles. The summed E-state index contributed by atoms with van der Waals surface area (Å²) in [6.45, 7) is 4.84. The molecule has 0 aliphatic rings. The van der Waals surface area contributed by atoms with Crippen molar-refractivity contribution in [1.82, 2.24) is 10.2 Å². The number of phenolic OH excluding ortho intramolecular Hbond substituents is 1. The highest BCUT2D eigenvalue weighted by atomic mass is 79.9. The first-order valence-corrected chi connectivity index (χ1v) is 7.53. The first-order chi connectivity index (χ1) is 8.79. The molecular weight excluding hydrogens is 376 g/mol. The van der Waals surface area contributed by atoms with Crippen molar-refractivity contribution in [3.63, 3.8) is 0 Å². The molecule has 0 atom stereocenters. The minimum Gasteiger partial charge on any atom is -0.506 e. The fourth-order valence-corrected chi connectivity index (χ4v) is 2.97. The number of nitrogens with zero attached hydrogens (tertiary/aromatic N) is 1. The second kappa shape index (κ2) is 7.26. The number of halogens is 2. The van der Waals surface area contributed by atoms with Gasteiger partial charge in [-0.3, -0.25) is 9.69 Å². The van der Waals surface area contributed by atoms with E-state index in [1.165, 1.54) is 0 Å². The first-order valence-electron chi connectivity index (χ1n) is 5.94. The van der Waals surface area contributed by atoms with E-state index < -0.39 is 0 Å². The minimum absolute atomic E-state index is 0.00871. The molecule has 0 unspecified atom stereocenters. The molecule has 1 aromatic carbocycles. The molecule has 106 valence electrons. The van der Waals surface area contributed by atoms with Crippen LogP contribution in [0.3, 0.4) is 0 Å². The monoisotopic (exact) mass is 392 g/mol. The van der Waals surface area contributed by atoms with Crippen LogP contribution in [0.5, 0.6) is 5.75 Å². The van der Waals surface area contributed by atoms with Crippen molar-refractivity contribution in [2.75, 3.05) is 13.6 Å². The summed E-state index contributed by atoms with van der Waals surface area (Å²) in [5, 5.41) is 12.5. The van der Waals surface area contributed by atoms with E-state index in [0.29, 0.717) is 22.0 Å². The summed E-state index contributed by atoms with van der Waals surface area (Å²) < 4.78 is 1.27. The van der Waals surface area contributed by atoms with Gasteiger partial charge >= 0.3 is 0 Å². The summed E-state index contributed by atoms with van der Waals surface area (Å²) in [6, 6.07) is 3.84. The fourth-order valence-electron chi connectivity index (χ4n) is 1.69. The average molecular weight is 394 g/mol. The Hall–Kier alpha value is -0.590. The van der Waals surface area contributed by atoms with Crippen LogP contribution in [-0.2, 0) is 11.3 Å². The van der Waals surface area contributed by atoms with Crippen LogP contribution in [-0.4, -0.2) is 35.5 Å². The number of benzene rings is 1. The van der Waals surface area contributed by atoms with Gasteiger partial charge < -0.3 is 10.4 Å². The van der Waals surface area contributed by atoms with Gasteiger partial charge in [-0.05, 0) is 70.5 Å². The summed E-state index contributed by atoms with van der Waals surface area (Å²) in [5.74, 6) is 0.193. The molecule has 0 aromatic heterocycles. The van der Waals surface area contributed by atoms with Crippen LogP contribution < -0.4 is 5.32 Å². The van der Waals surface area contributed by atoms with Crippen molar-refractivity contribution in [3.8, 4) is 5.75 Å². The summed E-state index contributed by atoms with van der Waals surface area (Å²) in [7, 11) is 1.88. The van der Waals surface area contributed by atoms with Gasteiger partial charge in [-0.2, -0.15) is 0 Å². The molecular formula is C13H18Br2N2O2. The van der Waals surface area contributed by atoms with E-state index in [1.807, 2.05) is 37.9 Å². The van der Waals surface area contributed by atoms with Gasteiger partial charge in [-0.15, -0.1) is 0 Å². The number of likely N-dealkylation sites (N-methyl/N-ethyl adjacent to an activating group) is 1. The number of hydrogen-bond acceptors (Lipinski definition) is 3. The Bertz CT molecular complexity index is 441. The summed E-state index contributed by atoms with van der Waals surface area (Å²) in [6.07, 6.45) is 0. The van der Waals surface area contributed by atoms with Crippen molar-refractivity contribution in [3.05, 3.63) is 26.6 Å². The third kappa shape index (κ3) is 5.50. The van der Waals surface area contributed by atoms with Crippen LogP contribution in [0.25, 0.3) is 0 Å². The van der Waals surface area contributed by atoms with Crippen LogP contribution in [0.4, 0.5) is 0 Å². The van der Waals surface area contributed by atoms with E-state index in [2.05, 4.69) is 37.2 Å². The molecule has 0 fully saturated rings. The Labute approximate surface area is 130 Å². The lowest BCUT2D eigenvalue weighted by molar-refractivity contribution is -0.122. The van der Waals surface area contributed by atoms with Crippen LogP contribution in [0.1, 0.15) is 19.4 Å². The topological polar surface area (TPSA) is 52.6 Å². The number of carbonyl (C=O) groups is 1. The van der Waals surface area contributed by atoms with Crippen molar-refractivity contribution in [2.45, 2.75) is 26.4 Å². The van der Waals surface area contributed by atoms with Gasteiger partial charge in [0.25, 0.3) is 0 Å². The zero-order valence-electron chi connectivity index (χ0n) is 11.2. The van der Waals surface area contributed by atoms with Gasteiger partial charge in [0.05, 0.1) is 15.5 Å². The van der Waals surface area contributed by atoms with Crippen molar-refractivity contribution in [2.24, 2.45) is 0 Å². The summed E-state index contributed by atoms with van der Waals surface area (Å²) >= 11 is 6.59. The minimum atomic E-state index is 0.00871. The van der Waals surface area contributed by atoms with Crippen molar-refractivity contribution < 1.29 is 9.90 Å². The van der Waals surface area contributed by atoms with E-state index in [1.54, 1.807) is 0 Å². The lowest BCUT2D eigenvalue weighted by Gasteiger charge is -2.18. The molecule has 19 heavy (non-hydrogen) atoms. The average Bonchev–Trinajstić information content (AvgIpc) is 2.23. The highest BCUT2D eigenvalue weighted by Crippen LogP contribution is 2.33. The third-order valence-corrected chi connectivity index (χ3v) is 3.60. The standard InChI is InChI=1S/C13H18Br2N2O2/c1-8(2)16-12(18)7-17(3)6-9-4-10(14)13(19)11(15)5-9/h4-5,8,19H,6-7H2,1-3H3,(H,16,18). The summed E-state index contributed by atoms with van der Waals surface area (Å²) in [5.41, 5.74) is 1.01. The second-order valence-electron chi connectivity index (χ2n) is 4.80. The van der Waals surface area contributed by atoms with E-state index >= 15 is 0 Å². The molecule has 4 nitrogen and oxygen atoms in total. The second-order valence-corrected chi connectivity index (χ2v) is 6.51. The molecule has 0 spiro atoms. The molecule has 2 N–H and O–H groups in total. The van der Waals surface area contributed by atoms with Crippen LogP contribution in [0.15, 0.2) is 21.1 Å². The van der Waals surface area contributed by atoms with E-state index in [9.17, 15) is 9.90 Å². The van der Waals surface area contributed by atoms with Gasteiger partial charge in [0.15, 0.2) is 0 Å². The van der Waals surface area contributed by atoms with Crippen LogP contribution in [0.2, 0.25) is 0 Å². The molecule has 0 bridgehead atoms. The maximum absolute atomic E-state index is 11.6. The number of nitrogens with one attached hydrogen (secondary N) is 1. The number of amides is 1. The molecule has 0 saturated carbocycles. The van der Waals surface area contributed by atoms with Gasteiger partial charge in [-0.25, -0.2) is 0 Å². The zero-order valence-corrected chi connectivity index (χ0v) is 14.4. The first kappa shape index (κ1) is 16.5. The largest absolute Gasteiger partial charge is 0.506 e. The Morgan fingerprint density at radius 2 is 1.89 bits per heavy atom. The van der Waals surface area contributed by atoms with Gasteiger partial charge in [0.2, 0.25) is 5.91 Å². The molecule has 1 aromatic rings. The number of hydrogen-bond donors (Lipinski definition) is 2. The zero-order chi connectivity index (χ0) is 14.6.